The fourth-order valence-electron chi connectivity index (χ4n) is 1.43. The lowest BCUT2D eigenvalue weighted by molar-refractivity contribution is -0.393. The Bertz CT molecular complexity index is 614. The van der Waals surface area contributed by atoms with E-state index >= 15 is 0 Å². The van der Waals surface area contributed by atoms with Crippen LogP contribution in [0, 0.1) is 20.2 Å². The van der Waals surface area contributed by atoms with Crippen LogP contribution in [-0.4, -0.2) is 16.1 Å². The number of allylic oxidation sites excluding steroid dienone is 2. The average Bonchev–Trinajstić information content (AvgIpc) is 2.37. The van der Waals surface area contributed by atoms with Gasteiger partial charge in [-0.05, 0) is 19.1 Å². The zero-order valence-corrected chi connectivity index (χ0v) is 10.5. The number of nitrogens with zero attached hydrogens (tertiary/aromatic N) is 4. The summed E-state index contributed by atoms with van der Waals surface area (Å²) >= 11 is 1.21. The first-order valence-corrected chi connectivity index (χ1v) is 5.88. The fraction of sp³-hybridized carbons (Fsp3) is 0.100. The van der Waals surface area contributed by atoms with E-state index < -0.39 is 9.85 Å². The lowest BCUT2D eigenvalue weighted by atomic mass is 10.2. The predicted molar refractivity (Wildman–Crippen MR) is 72.1 cm³/mol. The number of hydrogen-bond acceptors (Lipinski definition) is 7. The first kappa shape index (κ1) is 13.0. The molecule has 0 bridgehead atoms. The number of non-ortho nitro benzene ring substituents is 1. The van der Waals surface area contributed by atoms with E-state index in [4.69, 9.17) is 0 Å². The minimum Gasteiger partial charge on any atom is -0.258 e. The third kappa shape index (κ3) is 2.71. The van der Waals surface area contributed by atoms with E-state index in [1.165, 1.54) is 34.7 Å². The van der Waals surface area contributed by atoms with Crippen LogP contribution in [0.2, 0.25) is 0 Å². The van der Waals surface area contributed by atoms with Crippen molar-refractivity contribution in [1.29, 1.82) is 0 Å². The number of nitro benzene ring substituents is 2. The second-order valence-electron chi connectivity index (χ2n) is 3.59. The lowest BCUT2D eigenvalue weighted by Crippen LogP contribution is -2.11. The van der Waals surface area contributed by atoms with Crippen LogP contribution < -0.4 is 4.41 Å². The minimum atomic E-state index is -0.672. The van der Waals surface area contributed by atoms with Crippen LogP contribution in [0.5, 0.6) is 0 Å². The van der Waals surface area contributed by atoms with Crippen molar-refractivity contribution in [3.05, 3.63) is 49.4 Å². The quantitative estimate of drug-likeness (QED) is 0.479. The SMILES string of the molecule is CC1=CC=NN(c2ccc([N+](=O)[O-])cc2[N+](=O)[O-])S1. The summed E-state index contributed by atoms with van der Waals surface area (Å²) in [5.41, 5.74) is -0.480. The molecule has 2 rings (SSSR count). The zero-order chi connectivity index (χ0) is 14.0. The Morgan fingerprint density at radius 3 is 2.58 bits per heavy atom. The first-order valence-electron chi connectivity index (χ1n) is 5.11. The van der Waals surface area contributed by atoms with Crippen LogP contribution in [0.1, 0.15) is 6.92 Å². The summed E-state index contributed by atoms with van der Waals surface area (Å²) < 4.78 is 1.36. The summed E-state index contributed by atoms with van der Waals surface area (Å²) in [4.78, 5) is 21.2. The van der Waals surface area contributed by atoms with Crippen molar-refractivity contribution in [2.75, 3.05) is 4.41 Å². The minimum absolute atomic E-state index is 0.198. The van der Waals surface area contributed by atoms with E-state index in [-0.39, 0.29) is 17.1 Å². The van der Waals surface area contributed by atoms with Crippen molar-refractivity contribution in [3.63, 3.8) is 0 Å². The van der Waals surface area contributed by atoms with Gasteiger partial charge in [0.2, 0.25) is 0 Å². The van der Waals surface area contributed by atoms with Crippen LogP contribution in [0.25, 0.3) is 0 Å². The summed E-state index contributed by atoms with van der Waals surface area (Å²) in [6, 6.07) is 3.46. The standard InChI is InChI=1S/C10H8N4O4S/c1-7-4-5-11-12(19-7)9-3-2-8(13(15)16)6-10(9)14(17)18/h2-6H,1H3. The largest absolute Gasteiger partial charge is 0.302 e. The molecule has 0 radical (unpaired) electrons. The summed E-state index contributed by atoms with van der Waals surface area (Å²) in [6.45, 7) is 1.83. The molecule has 9 heteroatoms. The van der Waals surface area contributed by atoms with Gasteiger partial charge in [-0.15, -0.1) is 0 Å². The molecule has 0 amide bonds. The Morgan fingerprint density at radius 2 is 2.00 bits per heavy atom. The molecule has 1 aromatic rings. The number of hydrogen-bond donors (Lipinski definition) is 0. The lowest BCUT2D eigenvalue weighted by Gasteiger charge is -2.19. The number of hydrazone groups is 1. The smallest absolute Gasteiger partial charge is 0.258 e. The molecule has 0 spiro atoms. The fourth-order valence-corrected chi connectivity index (χ4v) is 2.18. The molecule has 8 nitrogen and oxygen atoms in total. The Hall–Kier alpha value is -2.42. The summed E-state index contributed by atoms with van der Waals surface area (Å²) in [5, 5.41) is 25.6. The third-order valence-electron chi connectivity index (χ3n) is 2.28. The van der Waals surface area contributed by atoms with Gasteiger partial charge in [-0.3, -0.25) is 20.2 Å². The van der Waals surface area contributed by atoms with Gasteiger partial charge in [-0.2, -0.15) is 9.52 Å². The molecule has 0 fully saturated rings. The van der Waals surface area contributed by atoms with Gasteiger partial charge in [0, 0.05) is 29.1 Å². The van der Waals surface area contributed by atoms with Gasteiger partial charge < -0.3 is 0 Å². The van der Waals surface area contributed by atoms with Gasteiger partial charge in [-0.25, -0.2) is 0 Å². The Kier molecular flexibility index (Phi) is 3.47. The van der Waals surface area contributed by atoms with E-state index in [1.807, 2.05) is 6.92 Å². The highest BCUT2D eigenvalue weighted by molar-refractivity contribution is 8.04. The van der Waals surface area contributed by atoms with Crippen LogP contribution >= 0.6 is 11.9 Å². The van der Waals surface area contributed by atoms with Gasteiger partial charge in [0.15, 0.2) is 5.69 Å². The molecule has 1 aromatic carbocycles. The highest BCUT2D eigenvalue weighted by Crippen LogP contribution is 2.38. The predicted octanol–water partition coefficient (Wildman–Crippen LogP) is 2.86. The number of anilines is 1. The third-order valence-corrected chi connectivity index (χ3v) is 3.17. The molecule has 0 saturated carbocycles. The average molecular weight is 280 g/mol. The van der Waals surface area contributed by atoms with Gasteiger partial charge in [-0.1, -0.05) is 0 Å². The molecule has 19 heavy (non-hydrogen) atoms. The molecule has 0 saturated heterocycles. The monoisotopic (exact) mass is 280 g/mol. The van der Waals surface area contributed by atoms with Crippen LogP contribution in [0.3, 0.4) is 0 Å². The summed E-state index contributed by atoms with van der Waals surface area (Å²) in [5.74, 6) is 0. The number of nitro groups is 2. The van der Waals surface area contributed by atoms with E-state index in [9.17, 15) is 20.2 Å². The van der Waals surface area contributed by atoms with E-state index in [0.29, 0.717) is 0 Å². The molecule has 0 unspecified atom stereocenters. The molecular weight excluding hydrogens is 272 g/mol. The maximum Gasteiger partial charge on any atom is 0.302 e. The van der Waals surface area contributed by atoms with Crippen molar-refractivity contribution in [1.82, 2.24) is 0 Å². The second kappa shape index (κ2) is 5.06. The molecule has 1 aliphatic heterocycles. The summed E-state index contributed by atoms with van der Waals surface area (Å²) in [7, 11) is 0. The Balaban J connectivity index is 2.46. The molecule has 0 atom stereocenters. The maximum atomic E-state index is 11.0. The van der Waals surface area contributed by atoms with Crippen molar-refractivity contribution in [2.24, 2.45) is 5.10 Å². The summed E-state index contributed by atoms with van der Waals surface area (Å²) in [6.07, 6.45) is 3.27. The molecule has 0 aliphatic carbocycles. The number of benzene rings is 1. The number of rotatable bonds is 3. The molecule has 0 aromatic heterocycles. The highest BCUT2D eigenvalue weighted by atomic mass is 32.2. The van der Waals surface area contributed by atoms with Crippen molar-refractivity contribution in [3.8, 4) is 0 Å². The molecule has 1 heterocycles. The van der Waals surface area contributed by atoms with Gasteiger partial charge in [0.25, 0.3) is 5.69 Å². The molecule has 98 valence electrons. The topological polar surface area (TPSA) is 102 Å². The molecule has 0 N–H and O–H groups in total. The Morgan fingerprint density at radius 1 is 1.26 bits per heavy atom. The van der Waals surface area contributed by atoms with E-state index in [2.05, 4.69) is 5.10 Å². The molecular formula is C10H8N4O4S. The van der Waals surface area contributed by atoms with Crippen LogP contribution in [0.15, 0.2) is 34.3 Å². The van der Waals surface area contributed by atoms with E-state index in [0.717, 1.165) is 11.0 Å². The van der Waals surface area contributed by atoms with Gasteiger partial charge >= 0.3 is 5.69 Å². The van der Waals surface area contributed by atoms with Crippen molar-refractivity contribution in [2.45, 2.75) is 6.92 Å². The highest BCUT2D eigenvalue weighted by Gasteiger charge is 2.24. The zero-order valence-electron chi connectivity index (χ0n) is 9.72. The first-order chi connectivity index (χ1) is 8.99. The maximum absolute atomic E-state index is 11.0. The Labute approximate surface area is 111 Å². The molecule has 1 aliphatic rings. The van der Waals surface area contributed by atoms with Crippen LogP contribution in [-0.2, 0) is 0 Å². The van der Waals surface area contributed by atoms with Crippen molar-refractivity contribution < 1.29 is 9.85 Å². The van der Waals surface area contributed by atoms with Gasteiger partial charge in [0.05, 0.1) is 15.9 Å². The normalized spacial score (nSPS) is 14.2. The van der Waals surface area contributed by atoms with Crippen LogP contribution in [0.4, 0.5) is 17.1 Å². The van der Waals surface area contributed by atoms with Gasteiger partial charge in [0.1, 0.15) is 0 Å². The van der Waals surface area contributed by atoms with Crippen molar-refractivity contribution >= 4 is 35.2 Å². The second-order valence-corrected chi connectivity index (χ2v) is 4.77. The van der Waals surface area contributed by atoms with E-state index in [1.54, 1.807) is 6.08 Å².